The Morgan fingerprint density at radius 2 is 2.05 bits per heavy atom. The number of aromatic nitrogens is 2. The summed E-state index contributed by atoms with van der Waals surface area (Å²) in [5.74, 6) is -0.0760. The van der Waals surface area contributed by atoms with Gasteiger partial charge < -0.3 is 5.32 Å². The lowest BCUT2D eigenvalue weighted by Gasteiger charge is -2.07. The molecule has 1 heterocycles. The van der Waals surface area contributed by atoms with Crippen molar-refractivity contribution >= 4 is 17.5 Å². The average molecular weight is 292 g/mol. The lowest BCUT2D eigenvalue weighted by molar-refractivity contribution is 0.0954. The van der Waals surface area contributed by atoms with Crippen LogP contribution in [-0.4, -0.2) is 22.2 Å². The number of nitrogens with one attached hydrogen (secondary N) is 1. The first-order chi connectivity index (χ1) is 9.54. The van der Waals surface area contributed by atoms with Gasteiger partial charge in [0.2, 0.25) is 0 Å². The zero-order valence-electron chi connectivity index (χ0n) is 11.9. The summed E-state index contributed by atoms with van der Waals surface area (Å²) in [6.07, 6.45) is 0. The Morgan fingerprint density at radius 3 is 2.70 bits per heavy atom. The van der Waals surface area contributed by atoms with Crippen LogP contribution in [0.15, 0.2) is 24.3 Å². The van der Waals surface area contributed by atoms with E-state index < -0.39 is 0 Å². The molecule has 0 atom stereocenters. The Morgan fingerprint density at radius 1 is 1.35 bits per heavy atom. The number of halogens is 1. The molecule has 1 N–H and O–H groups in total. The number of hydrogen-bond donors (Lipinski definition) is 1. The van der Waals surface area contributed by atoms with Crippen LogP contribution in [0.2, 0.25) is 5.02 Å². The Hall–Kier alpha value is -1.81. The van der Waals surface area contributed by atoms with Crippen LogP contribution in [0.3, 0.4) is 0 Å². The van der Waals surface area contributed by atoms with E-state index in [9.17, 15) is 4.79 Å². The third-order valence-corrected chi connectivity index (χ3v) is 3.59. The van der Waals surface area contributed by atoms with Crippen LogP contribution < -0.4 is 5.32 Å². The monoisotopic (exact) mass is 291 g/mol. The van der Waals surface area contributed by atoms with Crippen molar-refractivity contribution in [3.63, 3.8) is 0 Å². The number of hydrogen-bond acceptors (Lipinski definition) is 2. The molecule has 1 aromatic carbocycles. The zero-order chi connectivity index (χ0) is 14.7. The normalized spacial score (nSPS) is 10.6. The Bertz CT molecular complexity index is 634. The molecule has 106 valence electrons. The topological polar surface area (TPSA) is 46.9 Å². The van der Waals surface area contributed by atoms with Gasteiger partial charge in [0, 0.05) is 17.3 Å². The third-order valence-electron chi connectivity index (χ3n) is 3.22. The number of rotatable bonds is 4. The van der Waals surface area contributed by atoms with Gasteiger partial charge in [-0.25, -0.2) is 0 Å². The number of benzene rings is 1. The fraction of sp³-hybridized carbons (Fsp3) is 0.333. The molecule has 0 saturated carbocycles. The second kappa shape index (κ2) is 6.09. The summed E-state index contributed by atoms with van der Waals surface area (Å²) in [6, 6.07) is 7.66. The minimum atomic E-state index is -0.0760. The molecule has 1 aromatic heterocycles. The maximum Gasteiger partial charge on any atom is 0.255 e. The van der Waals surface area contributed by atoms with Gasteiger partial charge in [-0.1, -0.05) is 29.8 Å². The molecular formula is C15H18ClN3O. The highest BCUT2D eigenvalue weighted by molar-refractivity contribution is 6.31. The summed E-state index contributed by atoms with van der Waals surface area (Å²) in [5.41, 5.74) is 3.23. The molecule has 0 radical (unpaired) electrons. The molecular weight excluding hydrogens is 274 g/mol. The maximum atomic E-state index is 12.0. The van der Waals surface area contributed by atoms with Crippen molar-refractivity contribution in [3.8, 4) is 0 Å². The fourth-order valence-corrected chi connectivity index (χ4v) is 2.41. The smallest absolute Gasteiger partial charge is 0.255 e. The molecule has 0 fully saturated rings. The van der Waals surface area contributed by atoms with E-state index in [4.69, 9.17) is 11.6 Å². The average Bonchev–Trinajstić information content (AvgIpc) is 2.67. The van der Waals surface area contributed by atoms with Gasteiger partial charge in [0.05, 0.1) is 17.8 Å². The van der Waals surface area contributed by atoms with Crippen molar-refractivity contribution in [1.82, 2.24) is 15.1 Å². The van der Waals surface area contributed by atoms with Gasteiger partial charge in [-0.3, -0.25) is 9.48 Å². The molecule has 1 amide bonds. The van der Waals surface area contributed by atoms with Crippen LogP contribution in [0.1, 0.15) is 34.2 Å². The van der Waals surface area contributed by atoms with E-state index in [0.29, 0.717) is 23.7 Å². The fourth-order valence-electron chi connectivity index (χ4n) is 2.22. The summed E-state index contributed by atoms with van der Waals surface area (Å²) in [4.78, 5) is 12.0. The van der Waals surface area contributed by atoms with E-state index >= 15 is 0 Å². The number of aryl methyl sites for hydroxylation is 1. The van der Waals surface area contributed by atoms with Crippen molar-refractivity contribution in [3.05, 3.63) is 51.8 Å². The van der Waals surface area contributed by atoms with Gasteiger partial charge in [-0.15, -0.1) is 0 Å². The van der Waals surface area contributed by atoms with Crippen LogP contribution in [-0.2, 0) is 6.54 Å². The molecule has 0 bridgehead atoms. The summed E-state index contributed by atoms with van der Waals surface area (Å²) in [7, 11) is 0. The molecule has 0 aliphatic heterocycles. The summed E-state index contributed by atoms with van der Waals surface area (Å²) < 4.78 is 1.82. The minimum absolute atomic E-state index is 0.0760. The lowest BCUT2D eigenvalue weighted by Crippen LogP contribution is -2.24. The molecule has 2 rings (SSSR count). The van der Waals surface area contributed by atoms with E-state index in [1.807, 2.05) is 49.7 Å². The Kier molecular flexibility index (Phi) is 4.45. The second-order valence-corrected chi connectivity index (χ2v) is 5.06. The molecule has 20 heavy (non-hydrogen) atoms. The summed E-state index contributed by atoms with van der Waals surface area (Å²) in [5, 5.41) is 7.97. The second-order valence-electron chi connectivity index (χ2n) is 4.65. The maximum absolute atomic E-state index is 12.0. The first-order valence-corrected chi connectivity index (χ1v) is 6.98. The number of nitrogens with zero attached hydrogens (tertiary/aromatic N) is 2. The zero-order valence-corrected chi connectivity index (χ0v) is 12.7. The third kappa shape index (κ3) is 2.85. The van der Waals surface area contributed by atoms with Crippen molar-refractivity contribution in [1.29, 1.82) is 0 Å². The van der Waals surface area contributed by atoms with Crippen molar-refractivity contribution in [2.24, 2.45) is 0 Å². The Labute approximate surface area is 123 Å². The molecule has 4 nitrogen and oxygen atoms in total. The number of carbonyl (C=O) groups excluding carboxylic acids is 1. The summed E-state index contributed by atoms with van der Waals surface area (Å²) >= 11 is 6.16. The van der Waals surface area contributed by atoms with Crippen molar-refractivity contribution in [2.75, 3.05) is 6.54 Å². The molecule has 0 spiro atoms. The number of carbonyl (C=O) groups is 1. The van der Waals surface area contributed by atoms with E-state index in [1.165, 1.54) is 0 Å². The van der Waals surface area contributed by atoms with Crippen LogP contribution in [0.25, 0.3) is 0 Å². The lowest BCUT2D eigenvalue weighted by atomic mass is 10.1. The van der Waals surface area contributed by atoms with Gasteiger partial charge in [0.1, 0.15) is 0 Å². The number of amides is 1. The van der Waals surface area contributed by atoms with Crippen LogP contribution in [0.5, 0.6) is 0 Å². The first-order valence-electron chi connectivity index (χ1n) is 6.60. The predicted octanol–water partition coefficient (Wildman–Crippen LogP) is 2.95. The molecule has 0 aliphatic rings. The SMILES string of the molecule is CCNC(=O)c1c(C)nn(Cc2ccccc2Cl)c1C. The summed E-state index contributed by atoms with van der Waals surface area (Å²) in [6.45, 7) is 6.82. The minimum Gasteiger partial charge on any atom is -0.352 e. The Balaban J connectivity index is 2.33. The molecule has 0 saturated heterocycles. The molecule has 0 aliphatic carbocycles. The van der Waals surface area contributed by atoms with E-state index in [1.54, 1.807) is 0 Å². The highest BCUT2D eigenvalue weighted by Gasteiger charge is 2.18. The van der Waals surface area contributed by atoms with Crippen LogP contribution in [0.4, 0.5) is 0 Å². The van der Waals surface area contributed by atoms with Crippen LogP contribution in [0, 0.1) is 13.8 Å². The van der Waals surface area contributed by atoms with Gasteiger partial charge in [0.25, 0.3) is 5.91 Å². The van der Waals surface area contributed by atoms with Gasteiger partial charge in [-0.05, 0) is 32.4 Å². The highest BCUT2D eigenvalue weighted by atomic mass is 35.5. The highest BCUT2D eigenvalue weighted by Crippen LogP contribution is 2.19. The predicted molar refractivity (Wildman–Crippen MR) is 80.3 cm³/mol. The van der Waals surface area contributed by atoms with Crippen LogP contribution >= 0.6 is 11.6 Å². The van der Waals surface area contributed by atoms with Crippen molar-refractivity contribution in [2.45, 2.75) is 27.3 Å². The first kappa shape index (κ1) is 14.6. The molecule has 5 heteroatoms. The molecule has 0 unspecified atom stereocenters. The largest absolute Gasteiger partial charge is 0.352 e. The quantitative estimate of drug-likeness (QED) is 0.941. The molecule has 2 aromatic rings. The standard InChI is InChI=1S/C15H18ClN3O/c1-4-17-15(20)14-10(2)18-19(11(14)3)9-12-7-5-6-8-13(12)16/h5-8H,4,9H2,1-3H3,(H,17,20). The van der Waals surface area contributed by atoms with E-state index in [-0.39, 0.29) is 5.91 Å². The van der Waals surface area contributed by atoms with E-state index in [0.717, 1.165) is 17.0 Å². The van der Waals surface area contributed by atoms with Gasteiger partial charge >= 0.3 is 0 Å². The van der Waals surface area contributed by atoms with Gasteiger partial charge in [0.15, 0.2) is 0 Å². The van der Waals surface area contributed by atoms with Gasteiger partial charge in [-0.2, -0.15) is 5.10 Å². The van der Waals surface area contributed by atoms with Crippen molar-refractivity contribution < 1.29 is 4.79 Å². The van der Waals surface area contributed by atoms with E-state index in [2.05, 4.69) is 10.4 Å².